The van der Waals surface area contributed by atoms with Crippen molar-refractivity contribution in [3.63, 3.8) is 0 Å². The number of phenols is 1. The third kappa shape index (κ3) is 3.96. The average molecular weight is 295 g/mol. The van der Waals surface area contributed by atoms with Crippen molar-refractivity contribution >= 4 is 17.7 Å². The van der Waals surface area contributed by atoms with Crippen LogP contribution in [0, 0.1) is 0 Å². The van der Waals surface area contributed by atoms with Gasteiger partial charge in [0.2, 0.25) is 0 Å². The van der Waals surface area contributed by atoms with Gasteiger partial charge in [-0.15, -0.1) is 0 Å². The molecule has 0 aromatic heterocycles. The van der Waals surface area contributed by atoms with Gasteiger partial charge in [-0.1, -0.05) is 6.07 Å². The number of nitrogens with two attached hydrogens (primary N) is 1. The van der Waals surface area contributed by atoms with Crippen molar-refractivity contribution in [3.8, 4) is 11.5 Å². The van der Waals surface area contributed by atoms with E-state index in [-0.39, 0.29) is 5.75 Å². The topological polar surface area (TPSA) is 71.1 Å². The molecule has 0 bridgehead atoms. The highest BCUT2D eigenvalue weighted by Crippen LogP contribution is 2.27. The first-order chi connectivity index (χ1) is 9.70. The van der Waals surface area contributed by atoms with Crippen molar-refractivity contribution in [1.82, 2.24) is 4.90 Å². The number of thioether (sulfide) groups is 1. The number of guanidine groups is 1. The van der Waals surface area contributed by atoms with Gasteiger partial charge in [0, 0.05) is 24.6 Å². The van der Waals surface area contributed by atoms with Crippen LogP contribution in [-0.2, 0) is 6.54 Å². The predicted molar refractivity (Wildman–Crippen MR) is 83.5 cm³/mol. The molecule has 3 N–H and O–H groups in total. The summed E-state index contributed by atoms with van der Waals surface area (Å²) < 4.78 is 5.36. The van der Waals surface area contributed by atoms with Crippen molar-refractivity contribution in [3.05, 3.63) is 23.8 Å². The van der Waals surface area contributed by atoms with E-state index >= 15 is 0 Å². The number of phenolic OH excluding ortho intramolecular Hbond substituents is 1. The number of benzene rings is 1. The van der Waals surface area contributed by atoms with Crippen LogP contribution in [0.25, 0.3) is 0 Å². The summed E-state index contributed by atoms with van der Waals surface area (Å²) in [7, 11) is 0. The number of hydrogen-bond donors (Lipinski definition) is 2. The number of aliphatic imine (C=N–C) groups is 1. The number of hydrogen-bond acceptors (Lipinski definition) is 4. The molecular formula is C14H21N3O2S. The van der Waals surface area contributed by atoms with E-state index in [4.69, 9.17) is 10.5 Å². The fourth-order valence-corrected chi connectivity index (χ4v) is 2.90. The highest BCUT2D eigenvalue weighted by molar-refractivity contribution is 7.99. The molecule has 20 heavy (non-hydrogen) atoms. The largest absolute Gasteiger partial charge is 0.504 e. The third-order valence-corrected chi connectivity index (χ3v) is 4.03. The Bertz CT molecular complexity index is 473. The van der Waals surface area contributed by atoms with Crippen molar-refractivity contribution in [2.75, 3.05) is 31.2 Å². The Morgan fingerprint density at radius 3 is 2.90 bits per heavy atom. The van der Waals surface area contributed by atoms with Gasteiger partial charge >= 0.3 is 0 Å². The van der Waals surface area contributed by atoms with E-state index in [2.05, 4.69) is 9.89 Å². The summed E-state index contributed by atoms with van der Waals surface area (Å²) in [6, 6.07) is 5.27. The minimum Gasteiger partial charge on any atom is -0.504 e. The zero-order valence-corrected chi connectivity index (χ0v) is 12.5. The number of aromatic hydroxyl groups is 1. The maximum atomic E-state index is 9.65. The molecule has 0 radical (unpaired) electrons. The molecule has 1 aromatic rings. The minimum absolute atomic E-state index is 0.153. The molecule has 5 nitrogen and oxygen atoms in total. The zero-order chi connectivity index (χ0) is 14.4. The van der Waals surface area contributed by atoms with Gasteiger partial charge < -0.3 is 20.5 Å². The summed E-state index contributed by atoms with van der Waals surface area (Å²) in [5.74, 6) is 3.44. The van der Waals surface area contributed by atoms with E-state index in [9.17, 15) is 5.11 Å². The summed E-state index contributed by atoms with van der Waals surface area (Å²) in [6.45, 7) is 4.82. The summed E-state index contributed by atoms with van der Waals surface area (Å²) >= 11 is 1.94. The Morgan fingerprint density at radius 2 is 2.20 bits per heavy atom. The summed E-state index contributed by atoms with van der Waals surface area (Å²) in [5.41, 5.74) is 6.98. The Balaban J connectivity index is 2.00. The summed E-state index contributed by atoms with van der Waals surface area (Å²) in [6.07, 6.45) is 0. The van der Waals surface area contributed by atoms with Crippen molar-refractivity contribution in [2.45, 2.75) is 13.5 Å². The minimum atomic E-state index is 0.153. The zero-order valence-electron chi connectivity index (χ0n) is 11.7. The summed E-state index contributed by atoms with van der Waals surface area (Å²) in [5, 5.41) is 9.65. The quantitative estimate of drug-likeness (QED) is 0.653. The SMILES string of the molecule is CCOc1cc(CN=C(N)N2CCSCC2)ccc1O. The van der Waals surface area contributed by atoms with E-state index in [1.807, 2.05) is 30.8 Å². The molecule has 1 aliphatic rings. The van der Waals surface area contributed by atoms with Crippen molar-refractivity contribution in [1.29, 1.82) is 0 Å². The van der Waals surface area contributed by atoms with Gasteiger partial charge in [-0.3, -0.25) is 0 Å². The van der Waals surface area contributed by atoms with Gasteiger partial charge in [-0.05, 0) is 24.6 Å². The maximum absolute atomic E-state index is 9.65. The van der Waals surface area contributed by atoms with Gasteiger partial charge in [0.1, 0.15) is 0 Å². The van der Waals surface area contributed by atoms with E-state index in [1.165, 1.54) is 0 Å². The van der Waals surface area contributed by atoms with Gasteiger partial charge in [0.25, 0.3) is 0 Å². The van der Waals surface area contributed by atoms with Gasteiger partial charge in [0.05, 0.1) is 13.2 Å². The van der Waals surface area contributed by atoms with Crippen LogP contribution in [0.1, 0.15) is 12.5 Å². The van der Waals surface area contributed by atoms with Crippen LogP contribution >= 0.6 is 11.8 Å². The fourth-order valence-electron chi connectivity index (χ4n) is 1.99. The molecule has 2 rings (SSSR count). The third-order valence-electron chi connectivity index (χ3n) is 3.08. The Hall–Kier alpha value is -1.56. The standard InChI is InChI=1S/C14H21N3O2S/c1-2-19-13-9-11(3-4-12(13)18)10-16-14(15)17-5-7-20-8-6-17/h3-4,9,18H,2,5-8,10H2,1H3,(H2,15,16). The molecule has 1 aliphatic heterocycles. The summed E-state index contributed by atoms with van der Waals surface area (Å²) in [4.78, 5) is 6.53. The molecule has 0 aliphatic carbocycles. The van der Waals surface area contributed by atoms with Crippen LogP contribution in [0.4, 0.5) is 0 Å². The van der Waals surface area contributed by atoms with Crippen LogP contribution < -0.4 is 10.5 Å². The Kier molecular flexibility index (Phi) is 5.40. The van der Waals surface area contributed by atoms with Gasteiger partial charge in [-0.2, -0.15) is 11.8 Å². The molecule has 0 atom stereocenters. The normalized spacial score (nSPS) is 16.2. The van der Waals surface area contributed by atoms with Crippen molar-refractivity contribution < 1.29 is 9.84 Å². The smallest absolute Gasteiger partial charge is 0.191 e. The van der Waals surface area contributed by atoms with Crippen molar-refractivity contribution in [2.24, 2.45) is 10.7 Å². The average Bonchev–Trinajstić information content (AvgIpc) is 2.49. The maximum Gasteiger partial charge on any atom is 0.191 e. The Morgan fingerprint density at radius 1 is 1.45 bits per heavy atom. The first-order valence-electron chi connectivity index (χ1n) is 6.78. The van der Waals surface area contributed by atoms with Crippen LogP contribution in [-0.4, -0.2) is 47.2 Å². The van der Waals surface area contributed by atoms with E-state index in [0.29, 0.717) is 24.9 Å². The van der Waals surface area contributed by atoms with Crippen LogP contribution in [0.3, 0.4) is 0 Å². The molecule has 0 saturated carbocycles. The van der Waals surface area contributed by atoms with E-state index < -0.39 is 0 Å². The molecule has 1 fully saturated rings. The molecule has 0 amide bonds. The van der Waals surface area contributed by atoms with Crippen LogP contribution in [0.5, 0.6) is 11.5 Å². The monoisotopic (exact) mass is 295 g/mol. The lowest BCUT2D eigenvalue weighted by molar-refractivity contribution is 0.318. The predicted octanol–water partition coefficient (Wildman–Crippen LogP) is 1.65. The van der Waals surface area contributed by atoms with Gasteiger partial charge in [0.15, 0.2) is 17.5 Å². The molecule has 1 heterocycles. The second-order valence-corrected chi connectivity index (χ2v) is 5.73. The lowest BCUT2D eigenvalue weighted by Gasteiger charge is -2.27. The molecule has 0 spiro atoms. The molecule has 110 valence electrons. The molecular weight excluding hydrogens is 274 g/mol. The second-order valence-electron chi connectivity index (χ2n) is 4.51. The molecule has 6 heteroatoms. The fraction of sp³-hybridized carbons (Fsp3) is 0.500. The van der Waals surface area contributed by atoms with Gasteiger partial charge in [-0.25, -0.2) is 4.99 Å². The molecule has 1 aromatic carbocycles. The highest BCUT2D eigenvalue weighted by Gasteiger charge is 2.12. The number of nitrogens with zero attached hydrogens (tertiary/aromatic N) is 2. The first-order valence-corrected chi connectivity index (χ1v) is 7.93. The lowest BCUT2D eigenvalue weighted by Crippen LogP contribution is -2.42. The highest BCUT2D eigenvalue weighted by atomic mass is 32.2. The van der Waals surface area contributed by atoms with E-state index in [0.717, 1.165) is 30.2 Å². The number of rotatable bonds is 4. The Labute approximate surface area is 123 Å². The second kappa shape index (κ2) is 7.28. The molecule has 0 unspecified atom stereocenters. The van der Waals surface area contributed by atoms with Crippen LogP contribution in [0.2, 0.25) is 0 Å². The first kappa shape index (κ1) is 14.8. The molecule has 1 saturated heterocycles. The van der Waals surface area contributed by atoms with E-state index in [1.54, 1.807) is 6.07 Å². The number of ether oxygens (including phenoxy) is 1. The van der Waals surface area contributed by atoms with Crippen LogP contribution in [0.15, 0.2) is 23.2 Å². The lowest BCUT2D eigenvalue weighted by atomic mass is 10.2.